The van der Waals surface area contributed by atoms with Crippen LogP contribution in [0, 0.1) is 0 Å². The molecule has 2 heterocycles. The third-order valence-electron chi connectivity index (χ3n) is 2.64. The van der Waals surface area contributed by atoms with Crippen LogP contribution in [0.15, 0.2) is 24.5 Å². The first-order valence-corrected chi connectivity index (χ1v) is 5.95. The molecule has 0 unspecified atom stereocenters. The first-order valence-electron chi connectivity index (χ1n) is 5.58. The summed E-state index contributed by atoms with van der Waals surface area (Å²) >= 11 is 5.79. The van der Waals surface area contributed by atoms with Gasteiger partial charge in [0, 0.05) is 12.6 Å². The molecule has 3 rings (SSSR count). The Bertz CT molecular complexity index is 503. The number of hydrogen-bond acceptors (Lipinski definition) is 4. The topological polar surface area (TPSA) is 55.6 Å². The highest BCUT2D eigenvalue weighted by Gasteiger charge is 2.20. The van der Waals surface area contributed by atoms with Crippen molar-refractivity contribution in [2.24, 2.45) is 0 Å². The molecule has 0 aliphatic heterocycles. The van der Waals surface area contributed by atoms with Crippen LogP contribution < -0.4 is 5.32 Å². The summed E-state index contributed by atoms with van der Waals surface area (Å²) in [4.78, 5) is 0. The molecule has 0 amide bonds. The third-order valence-corrected chi connectivity index (χ3v) is 2.84. The first-order chi connectivity index (χ1) is 8.31. The maximum absolute atomic E-state index is 5.79. The van der Waals surface area contributed by atoms with Gasteiger partial charge in [0.25, 0.3) is 0 Å². The Labute approximate surface area is 104 Å². The fraction of sp³-hybridized carbons (Fsp3) is 0.364. The second-order valence-corrected chi connectivity index (χ2v) is 4.58. The van der Waals surface area contributed by atoms with Crippen LogP contribution in [0.4, 0.5) is 0 Å². The van der Waals surface area contributed by atoms with E-state index < -0.39 is 0 Å². The molecule has 0 spiro atoms. The summed E-state index contributed by atoms with van der Waals surface area (Å²) in [5.74, 6) is 0.673. The van der Waals surface area contributed by atoms with E-state index in [1.807, 2.05) is 12.1 Å². The van der Waals surface area contributed by atoms with E-state index >= 15 is 0 Å². The van der Waals surface area contributed by atoms with Gasteiger partial charge in [0.05, 0.1) is 23.1 Å². The van der Waals surface area contributed by atoms with E-state index in [-0.39, 0.29) is 0 Å². The lowest BCUT2D eigenvalue weighted by molar-refractivity contribution is 0.661. The molecule has 0 atom stereocenters. The standard InChI is InChI=1S/C11H12ClN5/c12-8-5-14-17(7-8)11-4-3-10(15-16-11)6-13-9-1-2-9/h3-5,7,9,13H,1-2,6H2. The molecule has 0 radical (unpaired) electrons. The van der Waals surface area contributed by atoms with Crippen LogP contribution in [0.5, 0.6) is 0 Å². The predicted octanol–water partition coefficient (Wildman–Crippen LogP) is 1.57. The molecule has 2 aromatic heterocycles. The number of rotatable bonds is 4. The quantitative estimate of drug-likeness (QED) is 0.894. The zero-order chi connectivity index (χ0) is 11.7. The van der Waals surface area contributed by atoms with Crippen molar-refractivity contribution < 1.29 is 0 Å². The summed E-state index contributed by atoms with van der Waals surface area (Å²) in [5.41, 5.74) is 0.943. The Morgan fingerprint density at radius 1 is 1.35 bits per heavy atom. The minimum atomic E-state index is 0.589. The van der Waals surface area contributed by atoms with Gasteiger partial charge in [-0.2, -0.15) is 10.2 Å². The van der Waals surface area contributed by atoms with Gasteiger partial charge in [0.2, 0.25) is 0 Å². The molecule has 0 saturated heterocycles. The van der Waals surface area contributed by atoms with Crippen molar-refractivity contribution in [1.82, 2.24) is 25.3 Å². The number of nitrogens with one attached hydrogen (secondary N) is 1. The van der Waals surface area contributed by atoms with Crippen molar-refractivity contribution in [1.29, 1.82) is 0 Å². The Morgan fingerprint density at radius 3 is 2.82 bits per heavy atom. The highest BCUT2D eigenvalue weighted by molar-refractivity contribution is 6.30. The van der Waals surface area contributed by atoms with E-state index in [0.717, 1.165) is 12.2 Å². The van der Waals surface area contributed by atoms with Crippen LogP contribution in [0.2, 0.25) is 5.02 Å². The van der Waals surface area contributed by atoms with E-state index in [2.05, 4.69) is 20.6 Å². The van der Waals surface area contributed by atoms with Crippen molar-refractivity contribution in [3.63, 3.8) is 0 Å². The van der Waals surface area contributed by atoms with Gasteiger partial charge >= 0.3 is 0 Å². The zero-order valence-corrected chi connectivity index (χ0v) is 9.93. The maximum Gasteiger partial charge on any atom is 0.175 e. The second-order valence-electron chi connectivity index (χ2n) is 4.14. The van der Waals surface area contributed by atoms with Gasteiger partial charge in [-0.1, -0.05) is 11.6 Å². The summed E-state index contributed by atoms with van der Waals surface area (Å²) in [6, 6.07) is 4.52. The molecule has 5 nitrogen and oxygen atoms in total. The second kappa shape index (κ2) is 4.43. The van der Waals surface area contributed by atoms with E-state index in [9.17, 15) is 0 Å². The van der Waals surface area contributed by atoms with Crippen LogP contribution >= 0.6 is 11.6 Å². The first kappa shape index (κ1) is 10.7. The normalized spacial score (nSPS) is 15.1. The molecule has 1 aliphatic carbocycles. The van der Waals surface area contributed by atoms with Gasteiger partial charge in [-0.15, -0.1) is 5.10 Å². The molecule has 1 saturated carbocycles. The lowest BCUT2D eigenvalue weighted by atomic mass is 10.4. The van der Waals surface area contributed by atoms with E-state index in [1.54, 1.807) is 17.1 Å². The highest BCUT2D eigenvalue weighted by atomic mass is 35.5. The van der Waals surface area contributed by atoms with E-state index in [0.29, 0.717) is 16.9 Å². The molecule has 1 aliphatic rings. The number of halogens is 1. The van der Waals surface area contributed by atoms with Crippen LogP contribution in [0.25, 0.3) is 5.82 Å². The number of aromatic nitrogens is 4. The van der Waals surface area contributed by atoms with Crippen LogP contribution in [-0.2, 0) is 6.54 Å². The number of hydrogen-bond donors (Lipinski definition) is 1. The number of nitrogens with zero attached hydrogens (tertiary/aromatic N) is 4. The fourth-order valence-corrected chi connectivity index (χ4v) is 1.67. The third kappa shape index (κ3) is 2.62. The SMILES string of the molecule is Clc1cnn(-c2ccc(CNC3CC3)nn2)c1. The van der Waals surface area contributed by atoms with Gasteiger partial charge in [-0.25, -0.2) is 4.68 Å². The molecular formula is C11H12ClN5. The summed E-state index contributed by atoms with van der Waals surface area (Å²) in [7, 11) is 0. The molecule has 17 heavy (non-hydrogen) atoms. The van der Waals surface area contributed by atoms with Gasteiger partial charge in [-0.05, 0) is 25.0 Å². The Hall–Kier alpha value is -1.46. The average Bonchev–Trinajstić information content (AvgIpc) is 3.09. The van der Waals surface area contributed by atoms with Crippen molar-refractivity contribution >= 4 is 11.6 Å². The average molecular weight is 250 g/mol. The lowest BCUT2D eigenvalue weighted by Gasteiger charge is -2.02. The van der Waals surface area contributed by atoms with Gasteiger partial charge in [0.15, 0.2) is 5.82 Å². The van der Waals surface area contributed by atoms with Crippen molar-refractivity contribution in [2.45, 2.75) is 25.4 Å². The zero-order valence-electron chi connectivity index (χ0n) is 9.17. The van der Waals surface area contributed by atoms with Gasteiger partial charge in [-0.3, -0.25) is 0 Å². The Morgan fingerprint density at radius 2 is 2.24 bits per heavy atom. The molecule has 0 aromatic carbocycles. The predicted molar refractivity (Wildman–Crippen MR) is 64.0 cm³/mol. The largest absolute Gasteiger partial charge is 0.308 e. The summed E-state index contributed by atoms with van der Waals surface area (Å²) in [5, 5.41) is 16.3. The van der Waals surface area contributed by atoms with Crippen molar-refractivity contribution in [3.8, 4) is 5.82 Å². The summed E-state index contributed by atoms with van der Waals surface area (Å²) in [6.45, 7) is 0.776. The van der Waals surface area contributed by atoms with E-state index in [4.69, 9.17) is 11.6 Å². The molecule has 1 fully saturated rings. The minimum Gasteiger partial charge on any atom is -0.308 e. The Kier molecular flexibility index (Phi) is 2.78. The van der Waals surface area contributed by atoms with E-state index in [1.165, 1.54) is 12.8 Å². The molecule has 6 heteroatoms. The van der Waals surface area contributed by atoms with Crippen LogP contribution in [0.1, 0.15) is 18.5 Å². The summed E-state index contributed by atoms with van der Waals surface area (Å²) in [6.07, 6.45) is 5.83. The van der Waals surface area contributed by atoms with Crippen molar-refractivity contribution in [2.75, 3.05) is 0 Å². The minimum absolute atomic E-state index is 0.589. The summed E-state index contributed by atoms with van der Waals surface area (Å²) < 4.78 is 1.60. The monoisotopic (exact) mass is 249 g/mol. The fourth-order valence-electron chi connectivity index (χ4n) is 1.53. The molecule has 2 aromatic rings. The lowest BCUT2D eigenvalue weighted by Crippen LogP contribution is -2.16. The molecular weight excluding hydrogens is 238 g/mol. The van der Waals surface area contributed by atoms with Crippen LogP contribution in [0.3, 0.4) is 0 Å². The highest BCUT2D eigenvalue weighted by Crippen LogP contribution is 2.19. The van der Waals surface area contributed by atoms with Crippen LogP contribution in [-0.4, -0.2) is 26.0 Å². The Balaban J connectivity index is 1.70. The smallest absolute Gasteiger partial charge is 0.175 e. The molecule has 0 bridgehead atoms. The van der Waals surface area contributed by atoms with Gasteiger partial charge < -0.3 is 5.32 Å². The van der Waals surface area contributed by atoms with Gasteiger partial charge in [0.1, 0.15) is 0 Å². The van der Waals surface area contributed by atoms with Crippen molar-refractivity contribution in [3.05, 3.63) is 35.2 Å². The maximum atomic E-state index is 5.79. The molecule has 88 valence electrons. The molecule has 1 N–H and O–H groups in total.